The molecule has 17 heavy (non-hydrogen) atoms. The SMILES string of the molecule is CCc1ccc(C(Br)C2(CC)CCCC2)cc1. The van der Waals surface area contributed by atoms with E-state index in [2.05, 4.69) is 54.0 Å². The smallest absolute Gasteiger partial charge is 0.0451 e. The summed E-state index contributed by atoms with van der Waals surface area (Å²) in [6, 6.07) is 9.19. The van der Waals surface area contributed by atoms with Gasteiger partial charge in [0.1, 0.15) is 0 Å². The number of benzene rings is 1. The van der Waals surface area contributed by atoms with Crippen molar-refractivity contribution in [1.29, 1.82) is 0 Å². The maximum atomic E-state index is 3.98. The second-order valence-corrected chi connectivity index (χ2v) is 6.30. The van der Waals surface area contributed by atoms with Crippen LogP contribution >= 0.6 is 15.9 Å². The molecule has 94 valence electrons. The summed E-state index contributed by atoms with van der Waals surface area (Å²) < 4.78 is 0. The van der Waals surface area contributed by atoms with Gasteiger partial charge in [-0.2, -0.15) is 0 Å². The molecule has 0 amide bonds. The van der Waals surface area contributed by atoms with Crippen molar-refractivity contribution >= 4 is 15.9 Å². The van der Waals surface area contributed by atoms with Gasteiger partial charge in [-0.1, -0.05) is 66.9 Å². The van der Waals surface area contributed by atoms with Crippen LogP contribution in [0.4, 0.5) is 0 Å². The minimum absolute atomic E-state index is 0.508. The van der Waals surface area contributed by atoms with Gasteiger partial charge in [0.2, 0.25) is 0 Å². The third-order valence-electron chi connectivity index (χ3n) is 4.52. The second-order valence-electron chi connectivity index (χ2n) is 5.38. The maximum absolute atomic E-state index is 3.98. The first-order chi connectivity index (χ1) is 8.22. The highest BCUT2D eigenvalue weighted by Crippen LogP contribution is 2.53. The number of hydrogen-bond acceptors (Lipinski definition) is 0. The molecule has 0 N–H and O–H groups in total. The quantitative estimate of drug-likeness (QED) is 0.629. The average molecular weight is 295 g/mol. The predicted molar refractivity (Wildman–Crippen MR) is 78.7 cm³/mol. The van der Waals surface area contributed by atoms with Crippen LogP contribution < -0.4 is 0 Å². The van der Waals surface area contributed by atoms with Crippen molar-refractivity contribution in [2.45, 2.75) is 57.2 Å². The number of rotatable bonds is 4. The van der Waals surface area contributed by atoms with Gasteiger partial charge >= 0.3 is 0 Å². The van der Waals surface area contributed by atoms with E-state index < -0.39 is 0 Å². The summed E-state index contributed by atoms with van der Waals surface area (Å²) in [6.07, 6.45) is 8.00. The third kappa shape index (κ3) is 2.59. The molecule has 1 aromatic carbocycles. The molecule has 0 spiro atoms. The molecule has 1 saturated carbocycles. The normalized spacial score (nSPS) is 20.4. The Morgan fingerprint density at radius 2 is 1.71 bits per heavy atom. The van der Waals surface area contributed by atoms with E-state index in [9.17, 15) is 0 Å². The molecule has 1 fully saturated rings. The van der Waals surface area contributed by atoms with Gasteiger partial charge in [-0.15, -0.1) is 0 Å². The van der Waals surface area contributed by atoms with Crippen molar-refractivity contribution < 1.29 is 0 Å². The number of hydrogen-bond donors (Lipinski definition) is 0. The molecule has 0 heterocycles. The third-order valence-corrected chi connectivity index (χ3v) is 6.02. The Labute approximate surface area is 114 Å². The molecule has 0 radical (unpaired) electrons. The minimum Gasteiger partial charge on any atom is -0.0833 e. The average Bonchev–Trinajstić information content (AvgIpc) is 2.88. The molecule has 0 bridgehead atoms. The Morgan fingerprint density at radius 3 is 2.18 bits per heavy atom. The van der Waals surface area contributed by atoms with Crippen molar-refractivity contribution in [1.82, 2.24) is 0 Å². The van der Waals surface area contributed by atoms with Gasteiger partial charge in [0.25, 0.3) is 0 Å². The summed E-state index contributed by atoms with van der Waals surface area (Å²) in [4.78, 5) is 0.536. The summed E-state index contributed by atoms with van der Waals surface area (Å²) in [5.74, 6) is 0. The van der Waals surface area contributed by atoms with Crippen LogP contribution in [-0.2, 0) is 6.42 Å². The van der Waals surface area contributed by atoms with E-state index in [-0.39, 0.29) is 0 Å². The van der Waals surface area contributed by atoms with E-state index in [1.54, 1.807) is 0 Å². The number of alkyl halides is 1. The van der Waals surface area contributed by atoms with Crippen molar-refractivity contribution in [3.63, 3.8) is 0 Å². The molecule has 0 aliphatic heterocycles. The molecular formula is C16H23Br. The molecule has 1 heteroatoms. The molecule has 1 aliphatic rings. The Balaban J connectivity index is 2.19. The van der Waals surface area contributed by atoms with Crippen LogP contribution in [0.15, 0.2) is 24.3 Å². The van der Waals surface area contributed by atoms with Crippen LogP contribution in [0, 0.1) is 5.41 Å². The second kappa shape index (κ2) is 5.56. The van der Waals surface area contributed by atoms with Crippen LogP contribution in [0.2, 0.25) is 0 Å². The van der Waals surface area contributed by atoms with Gasteiger partial charge in [-0.25, -0.2) is 0 Å². The van der Waals surface area contributed by atoms with E-state index in [4.69, 9.17) is 0 Å². The standard InChI is InChI=1S/C16H23Br/c1-3-13-7-9-14(10-8-13)15(17)16(4-2)11-5-6-12-16/h7-10,15H,3-6,11-12H2,1-2H3. The summed E-state index contributed by atoms with van der Waals surface area (Å²) in [6.45, 7) is 4.56. The number of halogens is 1. The topological polar surface area (TPSA) is 0 Å². The van der Waals surface area contributed by atoms with Crippen molar-refractivity contribution in [3.05, 3.63) is 35.4 Å². The van der Waals surface area contributed by atoms with E-state index in [0.29, 0.717) is 10.2 Å². The molecule has 1 aromatic rings. The van der Waals surface area contributed by atoms with Crippen molar-refractivity contribution in [3.8, 4) is 0 Å². The molecule has 1 unspecified atom stereocenters. The zero-order chi connectivity index (χ0) is 12.3. The molecule has 2 rings (SSSR count). The lowest BCUT2D eigenvalue weighted by Gasteiger charge is -2.33. The monoisotopic (exact) mass is 294 g/mol. The Morgan fingerprint density at radius 1 is 1.12 bits per heavy atom. The fraction of sp³-hybridized carbons (Fsp3) is 0.625. The van der Waals surface area contributed by atoms with Crippen molar-refractivity contribution in [2.75, 3.05) is 0 Å². The van der Waals surface area contributed by atoms with Gasteiger partial charge < -0.3 is 0 Å². The minimum atomic E-state index is 0.508. The first kappa shape index (κ1) is 13.1. The van der Waals surface area contributed by atoms with Crippen LogP contribution in [0.25, 0.3) is 0 Å². The predicted octanol–water partition coefficient (Wildman–Crippen LogP) is 5.66. The first-order valence-corrected chi connectivity index (χ1v) is 7.86. The van der Waals surface area contributed by atoms with E-state index >= 15 is 0 Å². The highest BCUT2D eigenvalue weighted by molar-refractivity contribution is 9.09. The fourth-order valence-corrected chi connectivity index (χ4v) is 4.23. The summed E-state index contributed by atoms with van der Waals surface area (Å²) in [7, 11) is 0. The van der Waals surface area contributed by atoms with E-state index in [0.717, 1.165) is 6.42 Å². The van der Waals surface area contributed by atoms with Gasteiger partial charge in [0, 0.05) is 4.83 Å². The van der Waals surface area contributed by atoms with Crippen LogP contribution in [-0.4, -0.2) is 0 Å². The van der Waals surface area contributed by atoms with Crippen LogP contribution in [0.3, 0.4) is 0 Å². The number of aryl methyl sites for hydroxylation is 1. The lowest BCUT2D eigenvalue weighted by molar-refractivity contribution is 0.279. The zero-order valence-corrected chi connectivity index (χ0v) is 12.6. The van der Waals surface area contributed by atoms with Gasteiger partial charge in [-0.05, 0) is 42.2 Å². The highest BCUT2D eigenvalue weighted by Gasteiger charge is 2.38. The van der Waals surface area contributed by atoms with E-state index in [1.165, 1.54) is 43.2 Å². The zero-order valence-electron chi connectivity index (χ0n) is 11.0. The molecular weight excluding hydrogens is 272 g/mol. The van der Waals surface area contributed by atoms with E-state index in [1.807, 2.05) is 0 Å². The first-order valence-electron chi connectivity index (χ1n) is 6.95. The molecule has 0 nitrogen and oxygen atoms in total. The Kier molecular flexibility index (Phi) is 4.30. The molecule has 0 saturated heterocycles. The van der Waals surface area contributed by atoms with Gasteiger partial charge in [0.15, 0.2) is 0 Å². The molecule has 1 aliphatic carbocycles. The van der Waals surface area contributed by atoms with Crippen molar-refractivity contribution in [2.24, 2.45) is 5.41 Å². The lowest BCUT2D eigenvalue weighted by atomic mass is 9.77. The molecule has 1 atom stereocenters. The lowest BCUT2D eigenvalue weighted by Crippen LogP contribution is -2.21. The molecule has 0 aromatic heterocycles. The van der Waals surface area contributed by atoms with Crippen LogP contribution in [0.1, 0.15) is 61.9 Å². The largest absolute Gasteiger partial charge is 0.0833 e. The summed E-state index contributed by atoms with van der Waals surface area (Å²) in [5.41, 5.74) is 3.41. The van der Waals surface area contributed by atoms with Gasteiger partial charge in [-0.3, -0.25) is 0 Å². The Bertz CT molecular complexity index is 346. The fourth-order valence-electron chi connectivity index (χ4n) is 3.14. The summed E-state index contributed by atoms with van der Waals surface area (Å²) >= 11 is 3.98. The van der Waals surface area contributed by atoms with Gasteiger partial charge in [0.05, 0.1) is 0 Å². The summed E-state index contributed by atoms with van der Waals surface area (Å²) in [5, 5.41) is 0. The maximum Gasteiger partial charge on any atom is 0.0451 e. The Hall–Kier alpha value is -0.300. The van der Waals surface area contributed by atoms with Crippen LogP contribution in [0.5, 0.6) is 0 Å². The highest BCUT2D eigenvalue weighted by atomic mass is 79.9.